The molecule has 2 aliphatic rings. The van der Waals surface area contributed by atoms with Crippen LogP contribution < -0.4 is 0 Å². The van der Waals surface area contributed by atoms with E-state index in [0.29, 0.717) is 29.4 Å². The number of unbranched alkanes of at least 4 members (excludes halogenated alkanes) is 2. The molecule has 0 bridgehead atoms. The van der Waals surface area contributed by atoms with Gasteiger partial charge in [-0.2, -0.15) is 0 Å². The maximum absolute atomic E-state index is 14.7. The highest BCUT2D eigenvalue weighted by Crippen LogP contribution is 2.35. The molecule has 0 heterocycles. The van der Waals surface area contributed by atoms with Gasteiger partial charge in [0.2, 0.25) is 0 Å². The maximum Gasteiger partial charge on any atom is 0.166 e. The first kappa shape index (κ1) is 24.2. The summed E-state index contributed by atoms with van der Waals surface area (Å²) in [5.41, 5.74) is 1.97. The van der Waals surface area contributed by atoms with Crippen LogP contribution in [0.25, 0.3) is 5.57 Å². The lowest BCUT2D eigenvalue weighted by molar-refractivity contribution is 0.289. The van der Waals surface area contributed by atoms with E-state index in [1.807, 2.05) is 0 Å². The molecule has 0 radical (unpaired) electrons. The number of hydrogen-bond donors (Lipinski definition) is 0. The Labute approximate surface area is 189 Å². The minimum absolute atomic E-state index is 0.474. The Morgan fingerprint density at radius 3 is 2.42 bits per heavy atom. The first-order chi connectivity index (χ1) is 15.1. The Kier molecular flexibility index (Phi) is 9.81. The third-order valence-corrected chi connectivity index (χ3v) is 7.70. The number of hydrogen-bond acceptors (Lipinski definition) is 0. The van der Waals surface area contributed by atoms with Gasteiger partial charge in [-0.3, -0.25) is 0 Å². The highest BCUT2D eigenvalue weighted by molar-refractivity contribution is 5.67. The van der Waals surface area contributed by atoms with Gasteiger partial charge in [-0.15, -0.1) is 0 Å². The lowest BCUT2D eigenvalue weighted by Gasteiger charge is -2.26. The zero-order chi connectivity index (χ0) is 22.1. The Morgan fingerprint density at radius 1 is 0.935 bits per heavy atom. The van der Waals surface area contributed by atoms with Crippen LogP contribution in [-0.2, 0) is 6.42 Å². The van der Waals surface area contributed by atoms with Gasteiger partial charge in [0.05, 0.1) is 0 Å². The van der Waals surface area contributed by atoms with Crippen molar-refractivity contribution in [2.45, 2.75) is 104 Å². The van der Waals surface area contributed by atoms with Crippen LogP contribution in [0.1, 0.15) is 108 Å². The van der Waals surface area contributed by atoms with E-state index in [9.17, 15) is 8.78 Å². The smallest absolute Gasteiger partial charge is 0.166 e. The van der Waals surface area contributed by atoms with Crippen molar-refractivity contribution in [1.82, 2.24) is 0 Å². The van der Waals surface area contributed by atoms with Gasteiger partial charge in [0.25, 0.3) is 0 Å². The van der Waals surface area contributed by atoms with Gasteiger partial charge in [0.15, 0.2) is 11.6 Å². The molecule has 1 unspecified atom stereocenters. The van der Waals surface area contributed by atoms with Crippen LogP contribution >= 0.6 is 0 Å². The van der Waals surface area contributed by atoms with E-state index in [-0.39, 0.29) is 0 Å². The summed E-state index contributed by atoms with van der Waals surface area (Å²) >= 11 is 0. The van der Waals surface area contributed by atoms with Crippen molar-refractivity contribution in [3.8, 4) is 0 Å². The predicted octanol–water partition coefficient (Wildman–Crippen LogP) is 9.43. The summed E-state index contributed by atoms with van der Waals surface area (Å²) in [6.45, 7) is 4.47. The molecule has 1 saturated carbocycles. The normalized spacial score (nSPS) is 24.5. The molecule has 0 amide bonds. The molecule has 1 aromatic carbocycles. The molecule has 172 valence electrons. The second-order valence-corrected chi connectivity index (χ2v) is 9.92. The van der Waals surface area contributed by atoms with Crippen molar-refractivity contribution < 1.29 is 8.78 Å². The third-order valence-electron chi connectivity index (χ3n) is 7.70. The highest BCUT2D eigenvalue weighted by Gasteiger charge is 2.20. The molecule has 1 fully saturated rings. The second-order valence-electron chi connectivity index (χ2n) is 9.92. The third kappa shape index (κ3) is 7.02. The SMILES string of the molecule is CCCCCC1CCC(/C=C/CCc2ccc(C3=CCC(CC)CC3)c(F)c2F)CC1. The van der Waals surface area contributed by atoms with E-state index in [2.05, 4.69) is 32.1 Å². The molecule has 0 aromatic heterocycles. The summed E-state index contributed by atoms with van der Waals surface area (Å²) in [6, 6.07) is 3.60. The van der Waals surface area contributed by atoms with Gasteiger partial charge in [-0.1, -0.05) is 76.3 Å². The number of aryl methyl sites for hydroxylation is 1. The first-order valence-corrected chi connectivity index (χ1v) is 12.9. The average Bonchev–Trinajstić information content (AvgIpc) is 2.80. The first-order valence-electron chi connectivity index (χ1n) is 12.9. The standard InChI is InChI=1S/C29H42F2/c1-3-5-6-9-23-12-14-24(15-13-23)10-7-8-11-26-20-21-27(29(31)28(26)30)25-18-16-22(4-2)17-19-25/h7,10,18,20-24H,3-6,8-9,11-17,19H2,1-2H3/b10-7+. The molecule has 1 atom stereocenters. The Hall–Kier alpha value is -1.44. The Balaban J connectivity index is 1.46. The molecule has 31 heavy (non-hydrogen) atoms. The molecule has 3 rings (SSSR count). The molecule has 0 aliphatic heterocycles. The number of halogens is 2. The molecule has 0 saturated heterocycles. The van der Waals surface area contributed by atoms with E-state index >= 15 is 0 Å². The van der Waals surface area contributed by atoms with Crippen LogP contribution in [-0.4, -0.2) is 0 Å². The largest absolute Gasteiger partial charge is 0.203 e. The van der Waals surface area contributed by atoms with E-state index in [1.54, 1.807) is 12.1 Å². The monoisotopic (exact) mass is 428 g/mol. The van der Waals surface area contributed by atoms with Gasteiger partial charge in [-0.05, 0) is 86.7 Å². The number of allylic oxidation sites excluding steroid dienone is 4. The minimum atomic E-state index is -0.649. The molecule has 0 N–H and O–H groups in total. The summed E-state index contributed by atoms with van der Waals surface area (Å²) in [6.07, 6.45) is 22.9. The molecule has 2 aliphatic carbocycles. The summed E-state index contributed by atoms with van der Waals surface area (Å²) in [5.74, 6) is 1.01. The Morgan fingerprint density at radius 2 is 1.74 bits per heavy atom. The molecular weight excluding hydrogens is 386 g/mol. The van der Waals surface area contributed by atoms with Gasteiger partial charge >= 0.3 is 0 Å². The van der Waals surface area contributed by atoms with Gasteiger partial charge in [-0.25, -0.2) is 8.78 Å². The summed E-state index contributed by atoms with van der Waals surface area (Å²) in [4.78, 5) is 0. The van der Waals surface area contributed by atoms with Crippen molar-refractivity contribution in [3.05, 3.63) is 53.1 Å². The van der Waals surface area contributed by atoms with Crippen LogP contribution in [0.2, 0.25) is 0 Å². The molecule has 1 aromatic rings. The molecule has 2 heteroatoms. The van der Waals surface area contributed by atoms with Crippen LogP contribution in [0.15, 0.2) is 30.4 Å². The lowest BCUT2D eigenvalue weighted by Crippen LogP contribution is -2.13. The van der Waals surface area contributed by atoms with E-state index in [0.717, 1.165) is 43.6 Å². The van der Waals surface area contributed by atoms with E-state index in [1.165, 1.54) is 51.4 Å². The van der Waals surface area contributed by atoms with Crippen molar-refractivity contribution in [2.24, 2.45) is 17.8 Å². The number of rotatable bonds is 10. The van der Waals surface area contributed by atoms with Crippen LogP contribution in [0.5, 0.6) is 0 Å². The van der Waals surface area contributed by atoms with Gasteiger partial charge in [0, 0.05) is 5.56 Å². The van der Waals surface area contributed by atoms with Crippen LogP contribution in [0.4, 0.5) is 8.78 Å². The zero-order valence-corrected chi connectivity index (χ0v) is 19.8. The van der Waals surface area contributed by atoms with E-state index in [4.69, 9.17) is 0 Å². The Bertz CT molecular complexity index is 737. The summed E-state index contributed by atoms with van der Waals surface area (Å²) < 4.78 is 29.4. The number of benzene rings is 1. The highest BCUT2D eigenvalue weighted by atomic mass is 19.2. The molecule has 0 nitrogen and oxygen atoms in total. The van der Waals surface area contributed by atoms with Gasteiger partial charge < -0.3 is 0 Å². The summed E-state index contributed by atoms with van der Waals surface area (Å²) in [7, 11) is 0. The van der Waals surface area contributed by atoms with E-state index < -0.39 is 11.6 Å². The minimum Gasteiger partial charge on any atom is -0.203 e. The lowest BCUT2D eigenvalue weighted by atomic mass is 9.79. The predicted molar refractivity (Wildman–Crippen MR) is 129 cm³/mol. The molecule has 0 spiro atoms. The van der Waals surface area contributed by atoms with Gasteiger partial charge in [0.1, 0.15) is 0 Å². The van der Waals surface area contributed by atoms with Crippen molar-refractivity contribution >= 4 is 5.57 Å². The van der Waals surface area contributed by atoms with Crippen molar-refractivity contribution in [3.63, 3.8) is 0 Å². The molecular formula is C29H42F2. The fraction of sp³-hybridized carbons (Fsp3) is 0.655. The quantitative estimate of drug-likeness (QED) is 0.257. The fourth-order valence-electron chi connectivity index (χ4n) is 5.41. The maximum atomic E-state index is 14.7. The zero-order valence-electron chi connectivity index (χ0n) is 19.8. The van der Waals surface area contributed by atoms with Crippen LogP contribution in [0.3, 0.4) is 0 Å². The van der Waals surface area contributed by atoms with Crippen molar-refractivity contribution in [2.75, 3.05) is 0 Å². The van der Waals surface area contributed by atoms with Crippen LogP contribution in [0, 0.1) is 29.4 Å². The average molecular weight is 429 g/mol. The van der Waals surface area contributed by atoms with Crippen molar-refractivity contribution in [1.29, 1.82) is 0 Å². The second kappa shape index (κ2) is 12.6. The summed E-state index contributed by atoms with van der Waals surface area (Å²) in [5, 5.41) is 0. The topological polar surface area (TPSA) is 0 Å². The fourth-order valence-corrected chi connectivity index (χ4v) is 5.41.